The van der Waals surface area contributed by atoms with E-state index in [4.69, 9.17) is 10.6 Å². The molecule has 0 saturated heterocycles. The van der Waals surface area contributed by atoms with Crippen molar-refractivity contribution in [3.05, 3.63) is 12.2 Å². The van der Waals surface area contributed by atoms with Crippen LogP contribution in [0.25, 0.3) is 0 Å². The molecule has 0 fully saturated rings. The van der Waals surface area contributed by atoms with Crippen molar-refractivity contribution in [1.82, 2.24) is 0 Å². The first-order valence-electron chi connectivity index (χ1n) is 2.46. The maximum atomic E-state index is 10.6. The molecule has 0 unspecified atom stereocenters. The summed E-state index contributed by atoms with van der Waals surface area (Å²) in [6.45, 7) is 0.377. The third kappa shape index (κ3) is 1.07. The molecule has 1 aliphatic heterocycles. The second kappa shape index (κ2) is 2.30. The van der Waals surface area contributed by atoms with Crippen LogP contribution in [0.5, 0.6) is 0 Å². The van der Waals surface area contributed by atoms with Crippen LogP contribution in [0, 0.1) is 0 Å². The molecule has 48 valence electrons. The highest BCUT2D eigenvalue weighted by Crippen LogP contribution is 1.93. The van der Waals surface area contributed by atoms with Crippen molar-refractivity contribution in [2.75, 3.05) is 6.61 Å². The number of carbonyl (C=O) groups excluding carboxylic acids is 1. The van der Waals surface area contributed by atoms with Crippen molar-refractivity contribution in [1.29, 1.82) is 0 Å². The van der Waals surface area contributed by atoms with Gasteiger partial charge in [0, 0.05) is 0 Å². The molecule has 9 heavy (non-hydrogen) atoms. The number of ketones is 1. The molecule has 0 aliphatic carbocycles. The quantitative estimate of drug-likeness (QED) is 0.348. The van der Waals surface area contributed by atoms with E-state index < -0.39 is 0 Å². The van der Waals surface area contributed by atoms with Gasteiger partial charge in [-0.2, -0.15) is 0 Å². The third-order valence-corrected chi connectivity index (χ3v) is 0.914. The molecule has 0 bridgehead atoms. The summed E-state index contributed by atoms with van der Waals surface area (Å²) in [6.07, 6.45) is 2.99. The summed E-state index contributed by atoms with van der Waals surface area (Å²) in [7, 11) is 0. The van der Waals surface area contributed by atoms with Gasteiger partial charge >= 0.3 is 0 Å². The van der Waals surface area contributed by atoms with Crippen molar-refractivity contribution < 1.29 is 9.53 Å². The summed E-state index contributed by atoms with van der Waals surface area (Å²) in [4.78, 5) is 10.6. The van der Waals surface area contributed by atoms with E-state index in [-0.39, 0.29) is 11.7 Å². The van der Waals surface area contributed by atoms with E-state index >= 15 is 0 Å². The predicted octanol–water partition coefficient (Wildman–Crippen LogP) is -0.586. The number of carbonyl (C=O) groups is 1. The normalized spacial score (nSPS) is 22.2. The maximum Gasteiger partial charge on any atom is 0.279 e. The zero-order valence-corrected chi connectivity index (χ0v) is 4.70. The second-order valence-electron chi connectivity index (χ2n) is 1.51. The van der Waals surface area contributed by atoms with Gasteiger partial charge in [0.25, 0.3) is 5.90 Å². The van der Waals surface area contributed by atoms with Crippen LogP contribution in [-0.4, -0.2) is 18.3 Å². The number of ether oxygens (including phenoxy) is 1. The molecule has 0 radical (unpaired) electrons. The highest BCUT2D eigenvalue weighted by Gasteiger charge is 2.11. The fourth-order valence-electron chi connectivity index (χ4n) is 0.526. The minimum atomic E-state index is -0.274. The Morgan fingerprint density at radius 3 is 3.00 bits per heavy atom. The lowest BCUT2D eigenvalue weighted by Crippen LogP contribution is -2.21. The third-order valence-electron chi connectivity index (χ3n) is 0.914. The van der Waals surface area contributed by atoms with Crippen LogP contribution in [0.3, 0.4) is 0 Å². The predicted molar refractivity (Wildman–Crippen MR) is 31.7 cm³/mol. The van der Waals surface area contributed by atoms with E-state index in [2.05, 4.69) is 5.10 Å². The summed E-state index contributed by atoms with van der Waals surface area (Å²) < 4.78 is 4.73. The molecular formula is C5H6N2O2. The SMILES string of the molecule is NN=C1OCC=CC1=O. The Bertz CT molecular complexity index is 183. The first-order valence-corrected chi connectivity index (χ1v) is 2.46. The van der Waals surface area contributed by atoms with Gasteiger partial charge in [0.05, 0.1) is 0 Å². The van der Waals surface area contributed by atoms with Crippen LogP contribution in [-0.2, 0) is 9.53 Å². The Labute approximate surface area is 52.0 Å². The molecule has 1 rings (SSSR count). The van der Waals surface area contributed by atoms with Gasteiger partial charge in [-0.25, -0.2) is 0 Å². The molecule has 4 heteroatoms. The van der Waals surface area contributed by atoms with Gasteiger partial charge < -0.3 is 10.6 Å². The Balaban J connectivity index is 2.78. The first-order chi connectivity index (χ1) is 4.34. The van der Waals surface area contributed by atoms with Gasteiger partial charge in [0.2, 0.25) is 5.78 Å². The Morgan fingerprint density at radius 1 is 1.78 bits per heavy atom. The van der Waals surface area contributed by atoms with Crippen LogP contribution in [0.2, 0.25) is 0 Å². The summed E-state index contributed by atoms with van der Waals surface area (Å²) >= 11 is 0. The van der Waals surface area contributed by atoms with Gasteiger partial charge in [-0.3, -0.25) is 4.79 Å². The Morgan fingerprint density at radius 2 is 2.56 bits per heavy atom. The molecule has 2 N–H and O–H groups in total. The molecule has 0 amide bonds. The van der Waals surface area contributed by atoms with E-state index in [0.717, 1.165) is 0 Å². The average molecular weight is 126 g/mol. The van der Waals surface area contributed by atoms with Gasteiger partial charge in [-0.05, 0) is 12.2 Å². The summed E-state index contributed by atoms with van der Waals surface area (Å²) in [5.74, 6) is 4.51. The molecular weight excluding hydrogens is 120 g/mol. The van der Waals surface area contributed by atoms with E-state index in [9.17, 15) is 4.79 Å². The Hall–Kier alpha value is -1.32. The largest absolute Gasteiger partial charge is 0.470 e. The summed E-state index contributed by atoms with van der Waals surface area (Å²) in [5, 5.41) is 3.12. The van der Waals surface area contributed by atoms with E-state index in [0.29, 0.717) is 6.61 Å². The molecule has 4 nitrogen and oxygen atoms in total. The van der Waals surface area contributed by atoms with Crippen molar-refractivity contribution in [2.45, 2.75) is 0 Å². The Kier molecular flexibility index (Phi) is 1.48. The standard InChI is InChI=1S/C5H6N2O2/c6-7-5-4(8)2-1-3-9-5/h1-2H,3,6H2. The smallest absolute Gasteiger partial charge is 0.279 e. The lowest BCUT2D eigenvalue weighted by molar-refractivity contribution is -0.110. The average Bonchev–Trinajstić information content (AvgIpc) is 1.89. The number of nitrogens with two attached hydrogens (primary N) is 1. The molecule has 1 heterocycles. The lowest BCUT2D eigenvalue weighted by Gasteiger charge is -2.05. The number of nitrogens with zero attached hydrogens (tertiary/aromatic N) is 1. The first kappa shape index (κ1) is 5.81. The van der Waals surface area contributed by atoms with Crippen LogP contribution >= 0.6 is 0 Å². The number of hydrogen-bond acceptors (Lipinski definition) is 4. The van der Waals surface area contributed by atoms with E-state index in [1.807, 2.05) is 0 Å². The number of hydrazone groups is 1. The van der Waals surface area contributed by atoms with Gasteiger partial charge in [0.15, 0.2) is 0 Å². The van der Waals surface area contributed by atoms with E-state index in [1.165, 1.54) is 6.08 Å². The van der Waals surface area contributed by atoms with E-state index in [1.54, 1.807) is 6.08 Å². The summed E-state index contributed by atoms with van der Waals surface area (Å²) in [5.41, 5.74) is 0. The molecule has 0 saturated carbocycles. The second-order valence-corrected chi connectivity index (χ2v) is 1.51. The fourth-order valence-corrected chi connectivity index (χ4v) is 0.526. The monoisotopic (exact) mass is 126 g/mol. The van der Waals surface area contributed by atoms with Gasteiger partial charge in [-0.15, -0.1) is 5.10 Å². The lowest BCUT2D eigenvalue weighted by atomic mass is 10.3. The zero-order valence-electron chi connectivity index (χ0n) is 4.70. The molecule has 0 aromatic heterocycles. The zero-order chi connectivity index (χ0) is 6.69. The summed E-state index contributed by atoms with van der Waals surface area (Å²) in [6, 6.07) is 0. The van der Waals surface area contributed by atoms with Crippen molar-refractivity contribution in [2.24, 2.45) is 10.9 Å². The molecule has 0 aromatic rings. The maximum absolute atomic E-state index is 10.6. The van der Waals surface area contributed by atoms with Crippen LogP contribution < -0.4 is 5.84 Å². The van der Waals surface area contributed by atoms with Gasteiger partial charge in [-0.1, -0.05) is 0 Å². The topological polar surface area (TPSA) is 64.7 Å². The highest BCUT2D eigenvalue weighted by atomic mass is 16.5. The van der Waals surface area contributed by atoms with Crippen LogP contribution in [0.4, 0.5) is 0 Å². The fraction of sp³-hybridized carbons (Fsp3) is 0.200. The highest BCUT2D eigenvalue weighted by molar-refractivity contribution is 6.41. The van der Waals surface area contributed by atoms with Crippen molar-refractivity contribution in [3.8, 4) is 0 Å². The van der Waals surface area contributed by atoms with Crippen molar-refractivity contribution >= 4 is 11.7 Å². The van der Waals surface area contributed by atoms with Gasteiger partial charge in [0.1, 0.15) is 6.61 Å². The number of hydrogen-bond donors (Lipinski definition) is 1. The van der Waals surface area contributed by atoms with Crippen LogP contribution in [0.1, 0.15) is 0 Å². The minimum Gasteiger partial charge on any atom is -0.470 e. The molecule has 0 aromatic carbocycles. The molecule has 1 aliphatic rings. The van der Waals surface area contributed by atoms with Crippen molar-refractivity contribution in [3.63, 3.8) is 0 Å². The van der Waals surface area contributed by atoms with Crippen LogP contribution in [0.15, 0.2) is 17.3 Å². The number of rotatable bonds is 0. The molecule has 0 spiro atoms. The minimum absolute atomic E-state index is 0.0162. The molecule has 0 atom stereocenters.